The fraction of sp³-hybridized carbons (Fsp3) is 0.533. The zero-order chi connectivity index (χ0) is 13.6. The summed E-state index contributed by atoms with van der Waals surface area (Å²) in [6.45, 7) is 8.56. The molecule has 0 amide bonds. The number of nitriles is 1. The maximum atomic E-state index is 9.21. The lowest BCUT2D eigenvalue weighted by atomic mass is 9.99. The Balaban J connectivity index is 2.47. The average molecular weight is 246 g/mol. The smallest absolute Gasteiger partial charge is 0.119 e. The fourth-order valence-corrected chi connectivity index (χ4v) is 1.88. The van der Waals surface area contributed by atoms with E-state index in [-0.39, 0.29) is 6.04 Å². The van der Waals surface area contributed by atoms with Gasteiger partial charge in [-0.15, -0.1) is 0 Å². The molecule has 0 aromatic heterocycles. The molecule has 1 rings (SSSR count). The van der Waals surface area contributed by atoms with Crippen LogP contribution >= 0.6 is 0 Å². The van der Waals surface area contributed by atoms with Crippen molar-refractivity contribution in [1.29, 1.82) is 5.26 Å². The summed E-state index contributed by atoms with van der Waals surface area (Å²) < 4.78 is 5.67. The van der Waals surface area contributed by atoms with Gasteiger partial charge in [0, 0.05) is 12.5 Å². The summed E-state index contributed by atoms with van der Waals surface area (Å²) in [4.78, 5) is 0. The predicted octanol–water partition coefficient (Wildman–Crippen LogP) is 3.04. The van der Waals surface area contributed by atoms with E-state index in [1.807, 2.05) is 52.0 Å². The van der Waals surface area contributed by atoms with Crippen LogP contribution in [0.25, 0.3) is 0 Å². The van der Waals surface area contributed by atoms with E-state index in [1.165, 1.54) is 5.56 Å². The van der Waals surface area contributed by atoms with Crippen molar-refractivity contribution >= 4 is 0 Å². The van der Waals surface area contributed by atoms with E-state index in [0.717, 1.165) is 5.75 Å². The topological polar surface area (TPSA) is 45.0 Å². The first-order chi connectivity index (χ1) is 8.45. The summed E-state index contributed by atoms with van der Waals surface area (Å²) in [7, 11) is 0. The highest BCUT2D eigenvalue weighted by molar-refractivity contribution is 5.27. The molecule has 0 spiro atoms. The van der Waals surface area contributed by atoms with E-state index in [1.54, 1.807) is 0 Å². The molecule has 3 heteroatoms. The molecule has 1 atom stereocenters. The van der Waals surface area contributed by atoms with Crippen molar-refractivity contribution in [3.8, 4) is 11.8 Å². The first-order valence-electron chi connectivity index (χ1n) is 6.33. The molecule has 0 aliphatic rings. The monoisotopic (exact) mass is 246 g/mol. The van der Waals surface area contributed by atoms with Crippen LogP contribution in [0.3, 0.4) is 0 Å². The zero-order valence-electron chi connectivity index (χ0n) is 11.7. The first kappa shape index (κ1) is 14.5. The summed E-state index contributed by atoms with van der Waals surface area (Å²) in [5.74, 6) is 0.861. The Kier molecular flexibility index (Phi) is 5.18. The summed E-state index contributed by atoms with van der Waals surface area (Å²) in [6, 6.07) is 10.5. The van der Waals surface area contributed by atoms with Crippen LogP contribution in [0.1, 0.15) is 32.8 Å². The highest BCUT2D eigenvalue weighted by Gasteiger charge is 2.24. The van der Waals surface area contributed by atoms with Crippen LogP contribution in [-0.2, 0) is 0 Å². The van der Waals surface area contributed by atoms with Crippen molar-refractivity contribution < 1.29 is 4.74 Å². The predicted molar refractivity (Wildman–Crippen MR) is 73.6 cm³/mol. The number of hydrogen-bond donors (Lipinski definition) is 1. The van der Waals surface area contributed by atoms with Gasteiger partial charge < -0.3 is 4.74 Å². The molecule has 0 fully saturated rings. The average Bonchev–Trinajstić information content (AvgIpc) is 2.28. The Morgan fingerprint density at radius 1 is 1.44 bits per heavy atom. The van der Waals surface area contributed by atoms with Crippen LogP contribution in [0.5, 0.6) is 5.75 Å². The molecule has 0 bridgehead atoms. The maximum Gasteiger partial charge on any atom is 0.119 e. The van der Waals surface area contributed by atoms with E-state index >= 15 is 0 Å². The van der Waals surface area contributed by atoms with Gasteiger partial charge in [0.05, 0.1) is 12.7 Å². The summed E-state index contributed by atoms with van der Waals surface area (Å²) in [6.07, 6.45) is 0.662. The number of ether oxygens (including phenoxy) is 1. The highest BCUT2D eigenvalue weighted by Crippen LogP contribution is 2.15. The fourth-order valence-electron chi connectivity index (χ4n) is 1.88. The Hall–Kier alpha value is -1.53. The highest BCUT2D eigenvalue weighted by atomic mass is 16.5. The molecule has 98 valence electrons. The van der Waals surface area contributed by atoms with E-state index in [2.05, 4.69) is 11.4 Å². The second-order valence-electron chi connectivity index (χ2n) is 5.16. The molecular formula is C15H22N2O. The van der Waals surface area contributed by atoms with Gasteiger partial charge >= 0.3 is 0 Å². The van der Waals surface area contributed by atoms with Crippen LogP contribution < -0.4 is 10.1 Å². The summed E-state index contributed by atoms with van der Waals surface area (Å²) in [5.41, 5.74) is 0.647. The number of benzene rings is 1. The van der Waals surface area contributed by atoms with Crippen LogP contribution in [0.15, 0.2) is 24.3 Å². The van der Waals surface area contributed by atoms with Gasteiger partial charge in [-0.2, -0.15) is 5.26 Å². The van der Waals surface area contributed by atoms with Crippen molar-refractivity contribution in [2.75, 3.05) is 6.61 Å². The third-order valence-corrected chi connectivity index (χ3v) is 2.71. The molecule has 0 saturated heterocycles. The van der Waals surface area contributed by atoms with E-state index in [9.17, 15) is 5.26 Å². The number of aryl methyl sites for hydroxylation is 1. The Morgan fingerprint density at radius 3 is 2.72 bits per heavy atom. The third-order valence-electron chi connectivity index (χ3n) is 2.71. The van der Waals surface area contributed by atoms with E-state index in [4.69, 9.17) is 4.74 Å². The second kappa shape index (κ2) is 6.42. The van der Waals surface area contributed by atoms with Crippen molar-refractivity contribution in [3.63, 3.8) is 0 Å². The molecule has 0 aliphatic heterocycles. The van der Waals surface area contributed by atoms with Crippen molar-refractivity contribution in [2.24, 2.45) is 0 Å². The van der Waals surface area contributed by atoms with Crippen LogP contribution in [0.4, 0.5) is 0 Å². The van der Waals surface area contributed by atoms with Crippen LogP contribution in [-0.4, -0.2) is 18.2 Å². The maximum absolute atomic E-state index is 9.21. The molecule has 1 aromatic rings. The van der Waals surface area contributed by atoms with Gasteiger partial charge in [-0.3, -0.25) is 5.32 Å². The number of rotatable bonds is 6. The van der Waals surface area contributed by atoms with Crippen LogP contribution in [0.2, 0.25) is 0 Å². The van der Waals surface area contributed by atoms with Crippen molar-refractivity contribution in [3.05, 3.63) is 29.8 Å². The van der Waals surface area contributed by atoms with Gasteiger partial charge in [0.15, 0.2) is 0 Å². The number of hydrogen-bond acceptors (Lipinski definition) is 3. The minimum atomic E-state index is -0.530. The van der Waals surface area contributed by atoms with Crippen molar-refractivity contribution in [2.45, 2.75) is 45.7 Å². The molecular weight excluding hydrogens is 224 g/mol. The molecule has 3 nitrogen and oxygen atoms in total. The van der Waals surface area contributed by atoms with Crippen LogP contribution in [0, 0.1) is 18.3 Å². The minimum Gasteiger partial charge on any atom is -0.493 e. The first-order valence-corrected chi connectivity index (χ1v) is 6.33. The molecule has 1 aromatic carbocycles. The summed E-state index contributed by atoms with van der Waals surface area (Å²) in [5, 5.41) is 12.5. The normalized spacial score (nSPS) is 14.0. The van der Waals surface area contributed by atoms with Gasteiger partial charge in [-0.25, -0.2) is 0 Å². The molecule has 0 radical (unpaired) electrons. The molecule has 0 aliphatic carbocycles. The quantitative estimate of drug-likeness (QED) is 0.839. The van der Waals surface area contributed by atoms with E-state index < -0.39 is 5.54 Å². The molecule has 0 saturated carbocycles. The largest absolute Gasteiger partial charge is 0.493 e. The van der Waals surface area contributed by atoms with Gasteiger partial charge in [0.2, 0.25) is 0 Å². The minimum absolute atomic E-state index is 0.286. The van der Waals surface area contributed by atoms with Gasteiger partial charge in [-0.05, 0) is 45.4 Å². The van der Waals surface area contributed by atoms with E-state index in [0.29, 0.717) is 13.0 Å². The van der Waals surface area contributed by atoms with Gasteiger partial charge in [0.25, 0.3) is 0 Å². The SMILES string of the molecule is Cc1cccc(OCCC(C)(C#N)NC(C)C)c1. The third kappa shape index (κ3) is 4.77. The Bertz CT molecular complexity index is 423. The number of nitrogens with one attached hydrogen (secondary N) is 1. The standard InChI is InChI=1S/C15H22N2O/c1-12(2)17-15(4,11-16)8-9-18-14-7-5-6-13(3)10-14/h5-7,10,12,17H,8-9H2,1-4H3. The van der Waals surface area contributed by atoms with Gasteiger partial charge in [0.1, 0.15) is 11.3 Å². The number of nitrogens with zero attached hydrogens (tertiary/aromatic N) is 1. The molecule has 0 heterocycles. The molecule has 1 unspecified atom stereocenters. The summed E-state index contributed by atoms with van der Waals surface area (Å²) >= 11 is 0. The molecule has 18 heavy (non-hydrogen) atoms. The van der Waals surface area contributed by atoms with Crippen molar-refractivity contribution in [1.82, 2.24) is 5.32 Å². The lowest BCUT2D eigenvalue weighted by molar-refractivity contribution is 0.260. The second-order valence-corrected chi connectivity index (χ2v) is 5.16. The van der Waals surface area contributed by atoms with Gasteiger partial charge in [-0.1, -0.05) is 12.1 Å². The Morgan fingerprint density at radius 2 is 2.17 bits per heavy atom. The Labute approximate surface area is 110 Å². The lowest BCUT2D eigenvalue weighted by Crippen LogP contribution is -2.45. The zero-order valence-corrected chi connectivity index (χ0v) is 11.7. The lowest BCUT2D eigenvalue weighted by Gasteiger charge is -2.25. The molecule has 1 N–H and O–H groups in total.